The minimum Gasteiger partial charge on any atom is -0.480 e. The van der Waals surface area contributed by atoms with E-state index in [-0.39, 0.29) is 0 Å². The summed E-state index contributed by atoms with van der Waals surface area (Å²) in [6.07, 6.45) is 2.75. The van der Waals surface area contributed by atoms with Crippen LogP contribution in [0.15, 0.2) is 43.0 Å². The lowest BCUT2D eigenvalue weighted by Gasteiger charge is -2.17. The second-order valence-electron chi connectivity index (χ2n) is 4.55. The van der Waals surface area contributed by atoms with Gasteiger partial charge in [0.1, 0.15) is 6.04 Å². The number of amides is 1. The van der Waals surface area contributed by atoms with Gasteiger partial charge in [0, 0.05) is 0 Å². The van der Waals surface area contributed by atoms with E-state index in [1.165, 1.54) is 6.08 Å². The number of aryl methyl sites for hydroxylation is 1. The SMILES string of the molecule is C=CCC(N)C(=O)NC(CCc1ccccc1)C(=O)O. The van der Waals surface area contributed by atoms with Gasteiger partial charge in [-0.25, -0.2) is 4.79 Å². The number of nitrogens with one attached hydrogen (secondary N) is 1. The molecule has 0 saturated heterocycles. The van der Waals surface area contributed by atoms with E-state index in [0.717, 1.165) is 5.56 Å². The Bertz CT molecular complexity index is 459. The Morgan fingerprint density at radius 2 is 2.00 bits per heavy atom. The Hall–Kier alpha value is -2.14. The first-order valence-electron chi connectivity index (χ1n) is 6.48. The molecule has 0 aliphatic carbocycles. The summed E-state index contributed by atoms with van der Waals surface area (Å²) in [5.74, 6) is -1.52. The van der Waals surface area contributed by atoms with Crippen LogP contribution in [-0.2, 0) is 16.0 Å². The molecule has 2 atom stereocenters. The fraction of sp³-hybridized carbons (Fsp3) is 0.333. The van der Waals surface area contributed by atoms with E-state index in [1.54, 1.807) is 0 Å². The van der Waals surface area contributed by atoms with E-state index < -0.39 is 24.0 Å². The lowest BCUT2D eigenvalue weighted by atomic mass is 10.0. The first-order chi connectivity index (χ1) is 9.54. The summed E-state index contributed by atoms with van der Waals surface area (Å²) in [5, 5.41) is 11.6. The van der Waals surface area contributed by atoms with Gasteiger partial charge in [-0.3, -0.25) is 4.79 Å². The zero-order chi connectivity index (χ0) is 15.0. The van der Waals surface area contributed by atoms with Crippen LogP contribution < -0.4 is 11.1 Å². The standard InChI is InChI=1S/C15H20N2O3/c1-2-6-12(16)14(18)17-13(15(19)20)10-9-11-7-4-3-5-8-11/h2-5,7-8,12-13H,1,6,9-10,16H2,(H,17,18)(H,19,20). The van der Waals surface area contributed by atoms with Crippen LogP contribution in [0, 0.1) is 0 Å². The molecule has 0 spiro atoms. The van der Waals surface area contributed by atoms with Gasteiger partial charge >= 0.3 is 5.97 Å². The molecule has 0 bridgehead atoms. The van der Waals surface area contributed by atoms with Gasteiger partial charge in [0.2, 0.25) is 5.91 Å². The van der Waals surface area contributed by atoms with E-state index in [0.29, 0.717) is 19.3 Å². The van der Waals surface area contributed by atoms with Crippen LogP contribution in [0.5, 0.6) is 0 Å². The number of aliphatic carboxylic acids is 1. The molecule has 4 N–H and O–H groups in total. The highest BCUT2D eigenvalue weighted by Gasteiger charge is 2.22. The van der Waals surface area contributed by atoms with Crippen molar-refractivity contribution in [1.29, 1.82) is 0 Å². The van der Waals surface area contributed by atoms with Gasteiger partial charge in [0.25, 0.3) is 0 Å². The van der Waals surface area contributed by atoms with E-state index >= 15 is 0 Å². The average Bonchev–Trinajstić information content (AvgIpc) is 2.44. The monoisotopic (exact) mass is 276 g/mol. The predicted molar refractivity (Wildman–Crippen MR) is 77.1 cm³/mol. The van der Waals surface area contributed by atoms with Gasteiger partial charge < -0.3 is 16.2 Å². The zero-order valence-corrected chi connectivity index (χ0v) is 11.3. The van der Waals surface area contributed by atoms with Crippen LogP contribution in [0.3, 0.4) is 0 Å². The smallest absolute Gasteiger partial charge is 0.326 e. The maximum atomic E-state index is 11.7. The van der Waals surface area contributed by atoms with Gasteiger partial charge in [0.05, 0.1) is 6.04 Å². The number of carbonyl (C=O) groups excluding carboxylic acids is 1. The van der Waals surface area contributed by atoms with Gasteiger partial charge in [0.15, 0.2) is 0 Å². The molecule has 0 saturated carbocycles. The lowest BCUT2D eigenvalue weighted by molar-refractivity contribution is -0.142. The second-order valence-corrected chi connectivity index (χ2v) is 4.55. The van der Waals surface area contributed by atoms with Gasteiger partial charge in [-0.2, -0.15) is 0 Å². The first kappa shape index (κ1) is 15.9. The molecular formula is C15H20N2O3. The summed E-state index contributed by atoms with van der Waals surface area (Å²) in [5.41, 5.74) is 6.64. The van der Waals surface area contributed by atoms with Crippen LogP contribution in [0.1, 0.15) is 18.4 Å². The predicted octanol–water partition coefficient (Wildman–Crippen LogP) is 1.09. The highest BCUT2D eigenvalue weighted by Crippen LogP contribution is 2.06. The number of carboxylic acid groups (broad SMARTS) is 1. The van der Waals surface area contributed by atoms with Crippen molar-refractivity contribution in [1.82, 2.24) is 5.32 Å². The number of hydrogen-bond donors (Lipinski definition) is 3. The summed E-state index contributed by atoms with van der Waals surface area (Å²) in [6, 6.07) is 7.83. The normalized spacial score (nSPS) is 13.2. The summed E-state index contributed by atoms with van der Waals surface area (Å²) in [7, 11) is 0. The Morgan fingerprint density at radius 3 is 2.55 bits per heavy atom. The molecule has 0 fully saturated rings. The minimum atomic E-state index is -1.06. The number of nitrogens with two attached hydrogens (primary N) is 1. The third-order valence-electron chi connectivity index (χ3n) is 2.94. The van der Waals surface area contributed by atoms with Crippen molar-refractivity contribution in [2.75, 3.05) is 0 Å². The molecule has 0 aromatic heterocycles. The Labute approximate surface area is 118 Å². The molecule has 108 valence electrons. The molecule has 0 radical (unpaired) electrons. The third kappa shape index (κ3) is 5.24. The van der Waals surface area contributed by atoms with E-state index in [4.69, 9.17) is 10.8 Å². The highest BCUT2D eigenvalue weighted by atomic mass is 16.4. The molecule has 5 nitrogen and oxygen atoms in total. The molecule has 0 aliphatic heterocycles. The molecule has 0 heterocycles. The first-order valence-corrected chi connectivity index (χ1v) is 6.48. The quantitative estimate of drug-likeness (QED) is 0.620. The second kappa shape index (κ2) is 8.12. The molecule has 1 rings (SSSR count). The summed E-state index contributed by atoms with van der Waals surface area (Å²) < 4.78 is 0. The Kier molecular flexibility index (Phi) is 6.46. The molecular weight excluding hydrogens is 256 g/mol. The highest BCUT2D eigenvalue weighted by molar-refractivity contribution is 5.86. The van der Waals surface area contributed by atoms with Crippen molar-refractivity contribution in [3.05, 3.63) is 48.6 Å². The number of carbonyl (C=O) groups is 2. The third-order valence-corrected chi connectivity index (χ3v) is 2.94. The van der Waals surface area contributed by atoms with Gasteiger partial charge in [-0.15, -0.1) is 6.58 Å². The molecule has 5 heteroatoms. The summed E-state index contributed by atoms with van der Waals surface area (Å²) in [4.78, 5) is 22.9. The summed E-state index contributed by atoms with van der Waals surface area (Å²) in [6.45, 7) is 3.50. The molecule has 0 aliphatic rings. The molecule has 20 heavy (non-hydrogen) atoms. The van der Waals surface area contributed by atoms with Crippen LogP contribution in [0.25, 0.3) is 0 Å². The summed E-state index contributed by atoms with van der Waals surface area (Å²) >= 11 is 0. The lowest BCUT2D eigenvalue weighted by Crippen LogP contribution is -2.48. The molecule has 1 aromatic carbocycles. The van der Waals surface area contributed by atoms with E-state index in [9.17, 15) is 9.59 Å². The maximum Gasteiger partial charge on any atom is 0.326 e. The fourth-order valence-electron chi connectivity index (χ4n) is 1.78. The number of benzene rings is 1. The van der Waals surface area contributed by atoms with Crippen molar-refractivity contribution in [3.8, 4) is 0 Å². The van der Waals surface area contributed by atoms with Crippen LogP contribution in [-0.4, -0.2) is 29.1 Å². The zero-order valence-electron chi connectivity index (χ0n) is 11.3. The van der Waals surface area contributed by atoms with Crippen molar-refractivity contribution in [2.24, 2.45) is 5.73 Å². The largest absolute Gasteiger partial charge is 0.480 e. The maximum absolute atomic E-state index is 11.7. The van der Waals surface area contributed by atoms with E-state index in [2.05, 4.69) is 11.9 Å². The van der Waals surface area contributed by atoms with Crippen molar-refractivity contribution in [3.63, 3.8) is 0 Å². The van der Waals surface area contributed by atoms with Crippen molar-refractivity contribution < 1.29 is 14.7 Å². The van der Waals surface area contributed by atoms with Crippen molar-refractivity contribution in [2.45, 2.75) is 31.3 Å². The number of hydrogen-bond acceptors (Lipinski definition) is 3. The number of carboxylic acids is 1. The van der Waals surface area contributed by atoms with E-state index in [1.807, 2.05) is 30.3 Å². The fourth-order valence-corrected chi connectivity index (χ4v) is 1.78. The van der Waals surface area contributed by atoms with Gasteiger partial charge in [-0.05, 0) is 24.8 Å². The minimum absolute atomic E-state index is 0.316. The topological polar surface area (TPSA) is 92.4 Å². The van der Waals surface area contributed by atoms with Crippen LogP contribution in [0.2, 0.25) is 0 Å². The average molecular weight is 276 g/mol. The molecule has 1 amide bonds. The van der Waals surface area contributed by atoms with Crippen LogP contribution >= 0.6 is 0 Å². The number of rotatable bonds is 8. The van der Waals surface area contributed by atoms with Crippen molar-refractivity contribution >= 4 is 11.9 Å². The molecule has 2 unspecified atom stereocenters. The Balaban J connectivity index is 2.54. The van der Waals surface area contributed by atoms with Crippen LogP contribution in [0.4, 0.5) is 0 Å². The molecule has 1 aromatic rings. The van der Waals surface area contributed by atoms with Gasteiger partial charge in [-0.1, -0.05) is 36.4 Å². The Morgan fingerprint density at radius 1 is 1.35 bits per heavy atom.